The van der Waals surface area contributed by atoms with Crippen molar-refractivity contribution in [2.24, 2.45) is 5.92 Å². The predicted octanol–water partition coefficient (Wildman–Crippen LogP) is 2.02. The van der Waals surface area contributed by atoms with Gasteiger partial charge in [-0.15, -0.1) is 0 Å². The van der Waals surface area contributed by atoms with Crippen molar-refractivity contribution in [3.05, 3.63) is 0 Å². The van der Waals surface area contributed by atoms with Crippen LogP contribution in [0, 0.1) is 5.92 Å². The van der Waals surface area contributed by atoms with Gasteiger partial charge in [-0.05, 0) is 44.6 Å². The van der Waals surface area contributed by atoms with E-state index in [2.05, 4.69) is 4.90 Å². The summed E-state index contributed by atoms with van der Waals surface area (Å²) in [7, 11) is 0. The van der Waals surface area contributed by atoms with Crippen molar-refractivity contribution >= 4 is 0 Å². The van der Waals surface area contributed by atoms with Gasteiger partial charge in [0.05, 0.1) is 0 Å². The molecule has 0 N–H and O–H groups in total. The molecule has 0 aromatic heterocycles. The highest BCUT2D eigenvalue weighted by Crippen LogP contribution is 2.42. The summed E-state index contributed by atoms with van der Waals surface area (Å²) in [5.41, 5.74) is 0. The van der Waals surface area contributed by atoms with Crippen LogP contribution in [0.2, 0.25) is 0 Å². The Kier molecular flexibility index (Phi) is 1.31. The molecule has 2 atom stereocenters. The fraction of sp³-hybridized carbons (Fsp3) is 1.00. The number of hydrogen-bond donors (Lipinski definition) is 0. The zero-order chi connectivity index (χ0) is 7.26. The van der Waals surface area contributed by atoms with E-state index in [0.717, 1.165) is 18.0 Å². The Hall–Kier alpha value is -0.0400. The molecule has 4 saturated heterocycles. The Bertz CT molecular complexity index is 152. The quantitative estimate of drug-likeness (QED) is 0.512. The number of nitrogens with zero attached hydrogens (tertiary/aromatic N) is 1. The highest BCUT2D eigenvalue weighted by molar-refractivity contribution is 4.96. The molecule has 0 aliphatic carbocycles. The maximum atomic E-state index is 2.81. The Morgan fingerprint density at radius 3 is 2.18 bits per heavy atom. The van der Waals surface area contributed by atoms with E-state index >= 15 is 0 Å². The molecule has 0 radical (unpaired) electrons. The molecule has 62 valence electrons. The van der Waals surface area contributed by atoms with Crippen LogP contribution >= 0.6 is 0 Å². The zero-order valence-electron chi connectivity index (χ0n) is 7.13. The molecule has 0 saturated carbocycles. The molecule has 0 aromatic rings. The highest BCUT2D eigenvalue weighted by Gasteiger charge is 2.41. The van der Waals surface area contributed by atoms with Gasteiger partial charge >= 0.3 is 0 Å². The van der Waals surface area contributed by atoms with E-state index in [9.17, 15) is 0 Å². The maximum Gasteiger partial charge on any atom is 0.0101 e. The standard InChI is InChI=1S/C10H17N/c1-2-9-6-8-4-5-11(9)10(3-1)7-8/h8-10H,1-7H2. The van der Waals surface area contributed by atoms with E-state index in [4.69, 9.17) is 0 Å². The minimum absolute atomic E-state index is 1.02. The summed E-state index contributed by atoms with van der Waals surface area (Å²) in [5, 5.41) is 0. The molecule has 4 aliphatic rings. The zero-order valence-corrected chi connectivity index (χ0v) is 7.13. The van der Waals surface area contributed by atoms with Gasteiger partial charge in [-0.1, -0.05) is 6.42 Å². The first-order chi connectivity index (χ1) is 5.43. The Balaban J connectivity index is 1.88. The Labute approximate surface area is 68.8 Å². The van der Waals surface area contributed by atoms with Crippen LogP contribution in [0.1, 0.15) is 38.5 Å². The van der Waals surface area contributed by atoms with Gasteiger partial charge < -0.3 is 0 Å². The van der Waals surface area contributed by atoms with Crippen LogP contribution < -0.4 is 0 Å². The fourth-order valence-corrected chi connectivity index (χ4v) is 3.52. The van der Waals surface area contributed by atoms with E-state index < -0.39 is 0 Å². The second kappa shape index (κ2) is 2.22. The first-order valence-electron chi connectivity index (χ1n) is 5.19. The van der Waals surface area contributed by atoms with Gasteiger partial charge in [-0.3, -0.25) is 4.90 Å². The molecule has 0 amide bonds. The first-order valence-corrected chi connectivity index (χ1v) is 5.19. The largest absolute Gasteiger partial charge is 0.297 e. The molecule has 0 spiro atoms. The van der Waals surface area contributed by atoms with Crippen LogP contribution in [0.4, 0.5) is 0 Å². The predicted molar refractivity (Wildman–Crippen MR) is 45.5 cm³/mol. The van der Waals surface area contributed by atoms with Gasteiger partial charge in [0.1, 0.15) is 0 Å². The topological polar surface area (TPSA) is 3.24 Å². The lowest BCUT2D eigenvalue weighted by atomic mass is 9.73. The second-order valence-electron chi connectivity index (χ2n) is 4.60. The summed E-state index contributed by atoms with van der Waals surface area (Å²) in [5.74, 6) is 1.12. The van der Waals surface area contributed by atoms with Gasteiger partial charge in [0.2, 0.25) is 0 Å². The summed E-state index contributed by atoms with van der Waals surface area (Å²) in [6, 6.07) is 2.03. The molecule has 11 heavy (non-hydrogen) atoms. The van der Waals surface area contributed by atoms with Crippen LogP contribution in [0.3, 0.4) is 0 Å². The minimum Gasteiger partial charge on any atom is -0.297 e. The van der Waals surface area contributed by atoms with Crippen LogP contribution in [-0.4, -0.2) is 23.5 Å². The van der Waals surface area contributed by atoms with E-state index in [1.807, 2.05) is 0 Å². The van der Waals surface area contributed by atoms with Crippen LogP contribution in [0.15, 0.2) is 0 Å². The molecule has 4 heterocycles. The molecule has 4 bridgehead atoms. The molecule has 2 unspecified atom stereocenters. The van der Waals surface area contributed by atoms with E-state index in [1.165, 1.54) is 45.1 Å². The molecular formula is C10H17N. The van der Waals surface area contributed by atoms with Gasteiger partial charge in [0, 0.05) is 12.1 Å². The number of fused-ring (bicyclic) bond motifs is 1. The lowest BCUT2D eigenvalue weighted by molar-refractivity contribution is -0.0336. The van der Waals surface area contributed by atoms with E-state index in [1.54, 1.807) is 0 Å². The lowest BCUT2D eigenvalue weighted by Crippen LogP contribution is -2.56. The van der Waals surface area contributed by atoms with E-state index in [-0.39, 0.29) is 0 Å². The third kappa shape index (κ3) is 0.868. The summed E-state index contributed by atoms with van der Waals surface area (Å²) in [6.45, 7) is 1.43. The average Bonchev–Trinajstić information content (AvgIpc) is 2.05. The number of piperidine rings is 4. The first kappa shape index (κ1) is 6.47. The smallest absolute Gasteiger partial charge is 0.0101 e. The second-order valence-corrected chi connectivity index (χ2v) is 4.60. The SMILES string of the molecule is C1CC2CC3CCN2C(C1)C3. The van der Waals surface area contributed by atoms with Gasteiger partial charge in [0.25, 0.3) is 0 Å². The number of hydrogen-bond acceptors (Lipinski definition) is 1. The van der Waals surface area contributed by atoms with Gasteiger partial charge in [-0.2, -0.15) is 0 Å². The molecule has 4 rings (SSSR count). The average molecular weight is 151 g/mol. The molecule has 4 fully saturated rings. The third-order valence-corrected chi connectivity index (χ3v) is 4.02. The number of rotatable bonds is 0. The Morgan fingerprint density at radius 2 is 1.64 bits per heavy atom. The van der Waals surface area contributed by atoms with Crippen molar-refractivity contribution in [2.75, 3.05) is 6.54 Å². The highest BCUT2D eigenvalue weighted by atomic mass is 15.2. The van der Waals surface area contributed by atoms with Crippen LogP contribution in [-0.2, 0) is 0 Å². The van der Waals surface area contributed by atoms with Crippen molar-refractivity contribution in [1.29, 1.82) is 0 Å². The van der Waals surface area contributed by atoms with Gasteiger partial charge in [-0.25, -0.2) is 0 Å². The summed E-state index contributed by atoms with van der Waals surface area (Å²) < 4.78 is 0. The molecule has 1 heteroatoms. The lowest BCUT2D eigenvalue weighted by Gasteiger charge is -2.53. The molecular weight excluding hydrogens is 134 g/mol. The van der Waals surface area contributed by atoms with Crippen LogP contribution in [0.5, 0.6) is 0 Å². The third-order valence-electron chi connectivity index (χ3n) is 4.02. The van der Waals surface area contributed by atoms with Crippen molar-refractivity contribution in [1.82, 2.24) is 4.90 Å². The summed E-state index contributed by atoms with van der Waals surface area (Å²) >= 11 is 0. The van der Waals surface area contributed by atoms with Crippen molar-refractivity contribution in [3.63, 3.8) is 0 Å². The van der Waals surface area contributed by atoms with Crippen molar-refractivity contribution in [2.45, 2.75) is 50.6 Å². The molecule has 0 aromatic carbocycles. The molecule has 4 aliphatic heterocycles. The molecule has 1 nitrogen and oxygen atoms in total. The van der Waals surface area contributed by atoms with Crippen LogP contribution in [0.25, 0.3) is 0 Å². The van der Waals surface area contributed by atoms with Crippen molar-refractivity contribution < 1.29 is 0 Å². The Morgan fingerprint density at radius 1 is 0.909 bits per heavy atom. The summed E-state index contributed by atoms with van der Waals surface area (Å²) in [4.78, 5) is 2.81. The minimum atomic E-state index is 1.02. The monoisotopic (exact) mass is 151 g/mol. The fourth-order valence-electron chi connectivity index (χ4n) is 3.52. The summed E-state index contributed by atoms with van der Waals surface area (Å²) in [6.07, 6.45) is 9.11. The van der Waals surface area contributed by atoms with Crippen molar-refractivity contribution in [3.8, 4) is 0 Å². The van der Waals surface area contributed by atoms with Gasteiger partial charge in [0.15, 0.2) is 0 Å². The normalized spacial score (nSPS) is 54.5. The van der Waals surface area contributed by atoms with E-state index in [0.29, 0.717) is 0 Å². The maximum absolute atomic E-state index is 2.81.